The first kappa shape index (κ1) is 25.3. The van der Waals surface area contributed by atoms with Crippen LogP contribution >= 0.6 is 0 Å². The summed E-state index contributed by atoms with van der Waals surface area (Å²) >= 11 is 0. The number of esters is 1. The molecule has 2 N–H and O–H groups in total. The highest BCUT2D eigenvalue weighted by atomic mass is 19.4. The molecule has 0 bridgehead atoms. The Morgan fingerprint density at radius 1 is 1.00 bits per heavy atom. The van der Waals surface area contributed by atoms with E-state index < -0.39 is 17.8 Å². The topological polar surface area (TPSA) is 67.8 Å². The zero-order valence-corrected chi connectivity index (χ0v) is 18.8. The summed E-state index contributed by atoms with van der Waals surface area (Å²) in [4.78, 5) is 11.5. The van der Waals surface area contributed by atoms with Crippen molar-refractivity contribution in [1.29, 1.82) is 0 Å². The van der Waals surface area contributed by atoms with E-state index in [1.54, 1.807) is 36.4 Å². The summed E-state index contributed by atoms with van der Waals surface area (Å²) in [6, 6.07) is 18.4. The quantitative estimate of drug-likeness (QED) is 0.400. The smallest absolute Gasteiger partial charge is 0.416 e. The Bertz CT molecular complexity index is 1100. The number of ether oxygens (including phenoxy) is 2. The molecule has 3 rings (SSSR count). The molecule has 0 fully saturated rings. The molecule has 0 saturated heterocycles. The Balaban J connectivity index is 1.56. The van der Waals surface area contributed by atoms with Crippen molar-refractivity contribution in [2.45, 2.75) is 31.7 Å². The average molecular weight is 473 g/mol. The Morgan fingerprint density at radius 2 is 1.65 bits per heavy atom. The third kappa shape index (κ3) is 7.07. The number of aliphatic hydroxyl groups is 1. The third-order valence-corrected chi connectivity index (χ3v) is 5.22. The van der Waals surface area contributed by atoms with E-state index >= 15 is 0 Å². The van der Waals surface area contributed by atoms with Crippen molar-refractivity contribution in [1.82, 2.24) is 5.32 Å². The average Bonchev–Trinajstić information content (AvgIpc) is 2.82. The maximum Gasteiger partial charge on any atom is 0.416 e. The van der Waals surface area contributed by atoms with Crippen LogP contribution in [0, 0.1) is 0 Å². The van der Waals surface area contributed by atoms with E-state index in [2.05, 4.69) is 5.32 Å². The fourth-order valence-corrected chi connectivity index (χ4v) is 3.41. The van der Waals surface area contributed by atoms with Crippen LogP contribution in [0.1, 0.15) is 40.1 Å². The van der Waals surface area contributed by atoms with E-state index in [9.17, 15) is 23.1 Å². The molecule has 0 radical (unpaired) electrons. The van der Waals surface area contributed by atoms with Gasteiger partial charge in [-0.3, -0.25) is 0 Å². The summed E-state index contributed by atoms with van der Waals surface area (Å²) in [7, 11) is 1.33. The van der Waals surface area contributed by atoms with Crippen LogP contribution in [-0.4, -0.2) is 30.8 Å². The lowest BCUT2D eigenvalue weighted by atomic mass is 10.0. The first-order valence-electron chi connectivity index (χ1n) is 10.7. The Kier molecular flexibility index (Phi) is 8.31. The number of nitrogens with one attached hydrogen (secondary N) is 1. The molecule has 0 heterocycles. The zero-order chi connectivity index (χ0) is 24.7. The van der Waals surface area contributed by atoms with Gasteiger partial charge in [-0.05, 0) is 66.9 Å². The van der Waals surface area contributed by atoms with Gasteiger partial charge in [0.2, 0.25) is 0 Å². The standard InChI is InChI=1S/C26H26F3NO4/c1-17(13-18-9-11-19(12-10-18)25(32)33-2)30-16-24(31)20-5-3-7-22(14-20)34-23-8-4-6-21(15-23)26(27,28)29/h3-12,14-15,17,24,30-31H,13,16H2,1-2H3. The number of carbonyl (C=O) groups is 1. The number of halogens is 3. The van der Waals surface area contributed by atoms with Crippen molar-refractivity contribution >= 4 is 5.97 Å². The van der Waals surface area contributed by atoms with Crippen LogP contribution in [0.4, 0.5) is 13.2 Å². The lowest BCUT2D eigenvalue weighted by Crippen LogP contribution is -2.32. The maximum absolute atomic E-state index is 12.9. The molecule has 0 aromatic heterocycles. The molecule has 5 nitrogen and oxygen atoms in total. The van der Waals surface area contributed by atoms with Crippen molar-refractivity contribution in [2.24, 2.45) is 0 Å². The highest BCUT2D eigenvalue weighted by molar-refractivity contribution is 5.89. The molecule has 0 aliphatic carbocycles. The molecule has 3 aromatic carbocycles. The van der Waals surface area contributed by atoms with E-state index in [1.807, 2.05) is 19.1 Å². The molecular formula is C26H26F3NO4. The Morgan fingerprint density at radius 3 is 2.29 bits per heavy atom. The predicted molar refractivity (Wildman–Crippen MR) is 122 cm³/mol. The van der Waals surface area contributed by atoms with Gasteiger partial charge in [-0.15, -0.1) is 0 Å². The molecule has 2 atom stereocenters. The lowest BCUT2D eigenvalue weighted by molar-refractivity contribution is -0.137. The van der Waals surface area contributed by atoms with Gasteiger partial charge in [0.15, 0.2) is 0 Å². The number of alkyl halides is 3. The number of carbonyl (C=O) groups excluding carboxylic acids is 1. The minimum Gasteiger partial charge on any atom is -0.465 e. The fourth-order valence-electron chi connectivity index (χ4n) is 3.41. The van der Waals surface area contributed by atoms with Crippen LogP contribution in [0.25, 0.3) is 0 Å². The largest absolute Gasteiger partial charge is 0.465 e. The minimum absolute atomic E-state index is 0.0446. The molecule has 3 aromatic rings. The van der Waals surface area contributed by atoms with Crippen molar-refractivity contribution < 1.29 is 32.5 Å². The summed E-state index contributed by atoms with van der Waals surface area (Å²) in [5.74, 6) is 0.00108. The summed E-state index contributed by atoms with van der Waals surface area (Å²) in [6.07, 6.45) is -4.61. The predicted octanol–water partition coefficient (Wildman–Crippen LogP) is 5.54. The molecule has 0 spiro atoms. The zero-order valence-electron chi connectivity index (χ0n) is 18.8. The van der Waals surface area contributed by atoms with Gasteiger partial charge in [0.05, 0.1) is 24.3 Å². The van der Waals surface area contributed by atoms with E-state index in [0.717, 1.165) is 17.7 Å². The molecule has 180 valence electrons. The van der Waals surface area contributed by atoms with Crippen molar-refractivity contribution in [2.75, 3.05) is 13.7 Å². The van der Waals surface area contributed by atoms with Gasteiger partial charge >= 0.3 is 12.1 Å². The second-order valence-corrected chi connectivity index (χ2v) is 7.92. The number of aliphatic hydroxyl groups excluding tert-OH is 1. The number of benzene rings is 3. The molecule has 2 unspecified atom stereocenters. The van der Waals surface area contributed by atoms with Crippen LogP contribution in [0.2, 0.25) is 0 Å². The summed E-state index contributed by atoms with van der Waals surface area (Å²) in [5.41, 5.74) is 1.29. The number of rotatable bonds is 9. The normalized spacial score (nSPS) is 13.2. The van der Waals surface area contributed by atoms with Crippen LogP contribution in [0.5, 0.6) is 11.5 Å². The van der Waals surface area contributed by atoms with Gasteiger partial charge in [-0.2, -0.15) is 13.2 Å². The van der Waals surface area contributed by atoms with E-state index in [-0.39, 0.29) is 24.3 Å². The van der Waals surface area contributed by atoms with Gasteiger partial charge < -0.3 is 19.9 Å². The number of hydrogen-bond donors (Lipinski definition) is 2. The van der Waals surface area contributed by atoms with Crippen molar-refractivity contribution in [3.63, 3.8) is 0 Å². The second-order valence-electron chi connectivity index (χ2n) is 7.92. The van der Waals surface area contributed by atoms with Gasteiger partial charge in [0, 0.05) is 12.6 Å². The van der Waals surface area contributed by atoms with Crippen LogP contribution < -0.4 is 10.1 Å². The molecule has 0 aliphatic heterocycles. The molecule has 0 amide bonds. The molecule has 8 heteroatoms. The second kappa shape index (κ2) is 11.2. The minimum atomic E-state index is -4.46. The fraction of sp³-hybridized carbons (Fsp3) is 0.269. The Labute approximate surface area is 196 Å². The molecule has 0 saturated carbocycles. The Hall–Kier alpha value is -3.36. The lowest BCUT2D eigenvalue weighted by Gasteiger charge is -2.18. The third-order valence-electron chi connectivity index (χ3n) is 5.22. The summed E-state index contributed by atoms with van der Waals surface area (Å²) in [5, 5.41) is 13.8. The van der Waals surface area contributed by atoms with Gasteiger partial charge in [-0.1, -0.05) is 30.3 Å². The summed E-state index contributed by atoms with van der Waals surface area (Å²) < 4.78 is 49.0. The first-order chi connectivity index (χ1) is 16.2. The number of hydrogen-bond acceptors (Lipinski definition) is 5. The monoisotopic (exact) mass is 473 g/mol. The molecular weight excluding hydrogens is 447 g/mol. The highest BCUT2D eigenvalue weighted by Gasteiger charge is 2.30. The van der Waals surface area contributed by atoms with Crippen LogP contribution in [-0.2, 0) is 17.3 Å². The van der Waals surface area contributed by atoms with Crippen LogP contribution in [0.3, 0.4) is 0 Å². The van der Waals surface area contributed by atoms with Crippen molar-refractivity contribution in [3.8, 4) is 11.5 Å². The highest BCUT2D eigenvalue weighted by Crippen LogP contribution is 2.33. The summed E-state index contributed by atoms with van der Waals surface area (Å²) in [6.45, 7) is 2.25. The van der Waals surface area contributed by atoms with E-state index in [1.165, 1.54) is 19.2 Å². The number of methoxy groups -OCH3 is 1. The van der Waals surface area contributed by atoms with Gasteiger partial charge in [0.25, 0.3) is 0 Å². The van der Waals surface area contributed by atoms with Gasteiger partial charge in [0.1, 0.15) is 11.5 Å². The first-order valence-corrected chi connectivity index (χ1v) is 10.7. The SMILES string of the molecule is COC(=O)c1ccc(CC(C)NCC(O)c2cccc(Oc3cccc(C(F)(F)F)c3)c2)cc1. The maximum atomic E-state index is 12.9. The molecule has 34 heavy (non-hydrogen) atoms. The van der Waals surface area contributed by atoms with Crippen molar-refractivity contribution in [3.05, 3.63) is 95.1 Å². The van der Waals surface area contributed by atoms with E-state index in [4.69, 9.17) is 9.47 Å². The van der Waals surface area contributed by atoms with Crippen LogP contribution in [0.15, 0.2) is 72.8 Å². The van der Waals surface area contributed by atoms with Gasteiger partial charge in [-0.25, -0.2) is 4.79 Å². The van der Waals surface area contributed by atoms with E-state index in [0.29, 0.717) is 23.3 Å². The molecule has 0 aliphatic rings.